The predicted molar refractivity (Wildman–Crippen MR) is 116 cm³/mol. The topological polar surface area (TPSA) is 99.4 Å². The zero-order valence-corrected chi connectivity index (χ0v) is 17.4. The molecule has 6 heteroatoms. The lowest BCUT2D eigenvalue weighted by Crippen LogP contribution is -2.55. The van der Waals surface area contributed by atoms with Gasteiger partial charge in [0.2, 0.25) is 0 Å². The van der Waals surface area contributed by atoms with Gasteiger partial charge < -0.3 is 29.9 Å². The molecule has 1 saturated heterocycles. The molecule has 1 aromatic carbocycles. The van der Waals surface area contributed by atoms with E-state index in [-0.39, 0.29) is 0 Å². The maximum atomic E-state index is 10.6. The molecule has 31 heavy (non-hydrogen) atoms. The molecule has 0 amide bonds. The van der Waals surface area contributed by atoms with Gasteiger partial charge in [0.05, 0.1) is 13.2 Å². The lowest BCUT2D eigenvalue weighted by Gasteiger charge is -2.40. The van der Waals surface area contributed by atoms with Crippen LogP contribution in [-0.2, 0) is 11.2 Å². The molecule has 164 valence electrons. The summed E-state index contributed by atoms with van der Waals surface area (Å²) in [4.78, 5) is 0. The van der Waals surface area contributed by atoms with Crippen molar-refractivity contribution in [2.24, 2.45) is 0 Å². The molecular formula is C25H28O6. The molecule has 4 N–H and O–H groups in total. The molecular weight excluding hydrogens is 396 g/mol. The molecule has 0 radical (unpaired) electrons. The van der Waals surface area contributed by atoms with Crippen LogP contribution >= 0.6 is 0 Å². The van der Waals surface area contributed by atoms with Crippen molar-refractivity contribution >= 4 is 0 Å². The third-order valence-electron chi connectivity index (χ3n) is 5.77. The van der Waals surface area contributed by atoms with Crippen LogP contribution in [-0.4, -0.2) is 58.1 Å². The quantitative estimate of drug-likeness (QED) is 0.485. The summed E-state index contributed by atoms with van der Waals surface area (Å²) in [6.45, 7) is 1.82. The monoisotopic (exact) mass is 424 g/mol. The van der Waals surface area contributed by atoms with Crippen LogP contribution in [0.15, 0.2) is 60.7 Å². The van der Waals surface area contributed by atoms with Crippen molar-refractivity contribution in [3.05, 3.63) is 77.4 Å². The van der Waals surface area contributed by atoms with Crippen molar-refractivity contribution in [3.8, 4) is 16.9 Å². The van der Waals surface area contributed by atoms with E-state index in [1.807, 2.05) is 43.3 Å². The Labute approximate surface area is 181 Å². The third kappa shape index (κ3) is 4.44. The fourth-order valence-electron chi connectivity index (χ4n) is 4.19. The highest BCUT2D eigenvalue weighted by Crippen LogP contribution is 2.38. The summed E-state index contributed by atoms with van der Waals surface area (Å²) in [5.41, 5.74) is 5.07. The molecule has 6 nitrogen and oxygen atoms in total. The van der Waals surface area contributed by atoms with Crippen molar-refractivity contribution in [1.82, 2.24) is 0 Å². The fourth-order valence-corrected chi connectivity index (χ4v) is 4.19. The first-order chi connectivity index (χ1) is 15.0. The van der Waals surface area contributed by atoms with Gasteiger partial charge in [-0.1, -0.05) is 48.5 Å². The summed E-state index contributed by atoms with van der Waals surface area (Å²) in [5.74, 6) is 0.537. The summed E-state index contributed by atoms with van der Waals surface area (Å²) in [5, 5.41) is 40.5. The average molecular weight is 424 g/mol. The predicted octanol–water partition coefficient (Wildman–Crippen LogP) is 2.30. The first-order valence-corrected chi connectivity index (χ1v) is 10.6. The van der Waals surface area contributed by atoms with Crippen LogP contribution in [0.5, 0.6) is 5.75 Å². The van der Waals surface area contributed by atoms with Crippen LogP contribution in [0.2, 0.25) is 0 Å². The summed E-state index contributed by atoms with van der Waals surface area (Å²) in [6, 6.07) is 20.2. The molecule has 0 aromatic heterocycles. The molecule has 5 atom stereocenters. The third-order valence-corrected chi connectivity index (χ3v) is 5.77. The first-order valence-electron chi connectivity index (χ1n) is 10.6. The van der Waals surface area contributed by atoms with E-state index in [4.69, 9.17) is 9.47 Å². The van der Waals surface area contributed by atoms with Crippen molar-refractivity contribution in [2.75, 3.05) is 13.2 Å². The smallest absolute Gasteiger partial charge is 0.125 e. The summed E-state index contributed by atoms with van der Waals surface area (Å²) in [7, 11) is 0. The molecule has 1 fully saturated rings. The summed E-state index contributed by atoms with van der Waals surface area (Å²) >= 11 is 0. The molecule has 0 saturated carbocycles. The van der Waals surface area contributed by atoms with E-state index in [9.17, 15) is 20.4 Å². The molecule has 1 heterocycles. The Kier molecular flexibility index (Phi) is 6.55. The zero-order valence-electron chi connectivity index (χ0n) is 17.4. The van der Waals surface area contributed by atoms with Crippen LogP contribution in [0.3, 0.4) is 0 Å². The number of rotatable bonds is 6. The normalized spacial score (nSPS) is 26.2. The molecule has 0 bridgehead atoms. The number of aliphatic hydroxyl groups is 4. The second-order valence-electron chi connectivity index (χ2n) is 7.92. The Balaban J connectivity index is 1.67. The maximum absolute atomic E-state index is 10.6. The van der Waals surface area contributed by atoms with E-state index in [0.29, 0.717) is 24.3 Å². The lowest BCUT2D eigenvalue weighted by atomic mass is 9.89. The van der Waals surface area contributed by atoms with Crippen LogP contribution in [0, 0.1) is 0 Å². The molecule has 2 aliphatic carbocycles. The van der Waals surface area contributed by atoms with Gasteiger partial charge in [-0.2, -0.15) is 0 Å². The van der Waals surface area contributed by atoms with E-state index in [1.165, 1.54) is 11.1 Å². The number of hydrogen-bond donors (Lipinski definition) is 4. The minimum atomic E-state index is -1.44. The molecule has 1 unspecified atom stereocenters. The number of ether oxygens (including phenoxy) is 2. The Morgan fingerprint density at radius 2 is 1.55 bits per heavy atom. The Hall–Kier alpha value is -2.48. The van der Waals surface area contributed by atoms with Crippen molar-refractivity contribution in [1.29, 1.82) is 0 Å². The van der Waals surface area contributed by atoms with E-state index in [1.54, 1.807) is 0 Å². The van der Waals surface area contributed by atoms with Gasteiger partial charge in [0.25, 0.3) is 0 Å². The first kappa shape index (κ1) is 21.7. The van der Waals surface area contributed by atoms with Gasteiger partial charge in [-0.15, -0.1) is 0 Å². The van der Waals surface area contributed by atoms with Gasteiger partial charge in [-0.3, -0.25) is 0 Å². The molecule has 1 aliphatic heterocycles. The number of fused-ring (bicyclic) bond motifs is 1. The standard InChI is InChI=1S/C25H28O6/c1-2-30-20-9-8-15(10-16-11-17-6-4-3-5-7-18(17)12-16)13-19(20)25-24(29)23(28)22(27)21(14-26)31-25/h3-9,11-13,21-29H,2,10,14H2,1H3/t21-,22-,23+,24-,25?/m1/s1. The number of benzene rings is 1. The minimum absolute atomic E-state index is 0.426. The second kappa shape index (κ2) is 9.34. The van der Waals surface area contributed by atoms with Crippen LogP contribution in [0.25, 0.3) is 11.1 Å². The average Bonchev–Trinajstić information content (AvgIpc) is 3.01. The minimum Gasteiger partial charge on any atom is -0.493 e. The Morgan fingerprint density at radius 3 is 2.19 bits per heavy atom. The highest BCUT2D eigenvalue weighted by atomic mass is 16.5. The van der Waals surface area contributed by atoms with E-state index in [0.717, 1.165) is 11.1 Å². The van der Waals surface area contributed by atoms with Crippen molar-refractivity contribution < 1.29 is 29.9 Å². The van der Waals surface area contributed by atoms with E-state index in [2.05, 4.69) is 24.3 Å². The van der Waals surface area contributed by atoms with Gasteiger partial charge in [-0.25, -0.2) is 0 Å². The highest BCUT2D eigenvalue weighted by Gasteiger charge is 2.44. The number of aliphatic hydroxyl groups excluding tert-OH is 4. The van der Waals surface area contributed by atoms with E-state index < -0.39 is 37.1 Å². The summed E-state index contributed by atoms with van der Waals surface area (Å²) < 4.78 is 11.5. The van der Waals surface area contributed by atoms with Gasteiger partial charge in [0.15, 0.2) is 0 Å². The fraction of sp³-hybridized carbons (Fsp3) is 0.360. The van der Waals surface area contributed by atoms with Gasteiger partial charge in [-0.05, 0) is 47.7 Å². The van der Waals surface area contributed by atoms with Gasteiger partial charge in [0.1, 0.15) is 36.3 Å². The molecule has 4 rings (SSSR count). The Bertz CT molecular complexity index is 957. The van der Waals surface area contributed by atoms with Crippen molar-refractivity contribution in [2.45, 2.75) is 43.9 Å². The van der Waals surface area contributed by atoms with Crippen LogP contribution in [0.1, 0.15) is 29.7 Å². The zero-order chi connectivity index (χ0) is 22.0. The summed E-state index contributed by atoms with van der Waals surface area (Å²) in [6.07, 6.45) is -5.41. The maximum Gasteiger partial charge on any atom is 0.125 e. The van der Waals surface area contributed by atoms with Crippen molar-refractivity contribution in [3.63, 3.8) is 0 Å². The molecule has 1 aromatic rings. The SMILES string of the molecule is CCOc1ccc(Cc2cc3cccccc-3c2)cc1C1O[C@H](CO)[C@@H](O)[C@H](O)[C@H]1O. The second-order valence-corrected chi connectivity index (χ2v) is 7.92. The van der Waals surface area contributed by atoms with Crippen LogP contribution in [0.4, 0.5) is 0 Å². The van der Waals surface area contributed by atoms with Gasteiger partial charge in [0, 0.05) is 5.56 Å². The van der Waals surface area contributed by atoms with E-state index >= 15 is 0 Å². The highest BCUT2D eigenvalue weighted by molar-refractivity contribution is 5.68. The molecule has 3 aliphatic rings. The van der Waals surface area contributed by atoms with Gasteiger partial charge >= 0.3 is 0 Å². The van der Waals surface area contributed by atoms with Crippen LogP contribution < -0.4 is 4.74 Å². The lowest BCUT2D eigenvalue weighted by molar-refractivity contribution is -0.232. The largest absolute Gasteiger partial charge is 0.493 e. The Morgan fingerprint density at radius 1 is 0.839 bits per heavy atom. The molecule has 0 spiro atoms. The number of hydrogen-bond acceptors (Lipinski definition) is 6.